The van der Waals surface area contributed by atoms with Crippen molar-refractivity contribution in [2.24, 2.45) is 0 Å². The molecule has 21 heavy (non-hydrogen) atoms. The largest absolute Gasteiger partial charge is 0.497 e. The molecule has 0 fully saturated rings. The van der Waals surface area contributed by atoms with Crippen LogP contribution in [-0.2, 0) is 6.42 Å². The van der Waals surface area contributed by atoms with Gasteiger partial charge < -0.3 is 15.8 Å². The third-order valence-corrected chi connectivity index (χ3v) is 3.26. The molecule has 0 heterocycles. The van der Waals surface area contributed by atoms with Gasteiger partial charge in [0, 0.05) is 17.8 Å². The van der Waals surface area contributed by atoms with Gasteiger partial charge in [0.15, 0.2) is 0 Å². The highest BCUT2D eigenvalue weighted by atomic mass is 16.5. The van der Waals surface area contributed by atoms with Crippen molar-refractivity contribution in [2.75, 3.05) is 19.4 Å². The number of ether oxygens (including phenoxy) is 1. The number of aryl methyl sites for hydroxylation is 1. The number of amides is 1. The zero-order valence-corrected chi connectivity index (χ0v) is 12.1. The molecule has 4 nitrogen and oxygen atoms in total. The highest BCUT2D eigenvalue weighted by molar-refractivity contribution is 5.94. The minimum absolute atomic E-state index is 0.0602. The topological polar surface area (TPSA) is 64.3 Å². The van der Waals surface area contributed by atoms with Gasteiger partial charge in [0.05, 0.1) is 7.11 Å². The van der Waals surface area contributed by atoms with Crippen LogP contribution in [0.4, 0.5) is 5.69 Å². The summed E-state index contributed by atoms with van der Waals surface area (Å²) < 4.78 is 5.06. The molecule has 2 aromatic carbocycles. The Morgan fingerprint density at radius 1 is 1.10 bits per heavy atom. The first-order valence-electron chi connectivity index (χ1n) is 6.96. The fourth-order valence-electron chi connectivity index (χ4n) is 2.02. The van der Waals surface area contributed by atoms with Gasteiger partial charge in [0.2, 0.25) is 0 Å². The van der Waals surface area contributed by atoms with Gasteiger partial charge in [0.25, 0.3) is 5.91 Å². The number of hydrogen-bond acceptors (Lipinski definition) is 3. The molecule has 0 spiro atoms. The Bertz CT molecular complexity index is 577. The molecule has 0 aliphatic rings. The minimum Gasteiger partial charge on any atom is -0.497 e. The predicted molar refractivity (Wildman–Crippen MR) is 84.5 cm³/mol. The van der Waals surface area contributed by atoms with Gasteiger partial charge in [0.1, 0.15) is 5.75 Å². The molecule has 0 aliphatic carbocycles. The van der Waals surface area contributed by atoms with E-state index in [0.29, 0.717) is 12.1 Å². The molecule has 0 aliphatic heterocycles. The second-order valence-electron chi connectivity index (χ2n) is 4.83. The van der Waals surface area contributed by atoms with Gasteiger partial charge in [-0.05, 0) is 54.8 Å². The molecular weight excluding hydrogens is 264 g/mol. The molecule has 0 radical (unpaired) electrons. The van der Waals surface area contributed by atoms with E-state index in [0.717, 1.165) is 24.3 Å². The van der Waals surface area contributed by atoms with Crippen molar-refractivity contribution in [3.8, 4) is 5.75 Å². The van der Waals surface area contributed by atoms with Gasteiger partial charge >= 0.3 is 0 Å². The Hall–Kier alpha value is -2.49. The van der Waals surface area contributed by atoms with Gasteiger partial charge in [-0.1, -0.05) is 12.1 Å². The number of nitrogen functional groups attached to an aromatic ring is 1. The van der Waals surface area contributed by atoms with Crippen molar-refractivity contribution >= 4 is 11.6 Å². The number of benzene rings is 2. The summed E-state index contributed by atoms with van der Waals surface area (Å²) in [7, 11) is 1.60. The van der Waals surface area contributed by atoms with Crippen molar-refractivity contribution in [3.05, 3.63) is 59.7 Å². The maximum Gasteiger partial charge on any atom is 0.251 e. The number of carbonyl (C=O) groups excluding carboxylic acids is 1. The van der Waals surface area contributed by atoms with Crippen LogP contribution < -0.4 is 15.8 Å². The van der Waals surface area contributed by atoms with E-state index in [2.05, 4.69) is 5.32 Å². The zero-order chi connectivity index (χ0) is 15.1. The van der Waals surface area contributed by atoms with E-state index in [4.69, 9.17) is 10.5 Å². The summed E-state index contributed by atoms with van der Waals surface area (Å²) in [6.07, 6.45) is 1.81. The zero-order valence-electron chi connectivity index (χ0n) is 12.1. The van der Waals surface area contributed by atoms with Gasteiger partial charge in [-0.15, -0.1) is 0 Å². The van der Waals surface area contributed by atoms with Crippen molar-refractivity contribution in [1.29, 1.82) is 0 Å². The summed E-state index contributed by atoms with van der Waals surface area (Å²) in [5.74, 6) is 0.685. The molecule has 0 bridgehead atoms. The van der Waals surface area contributed by atoms with Crippen LogP contribution in [0, 0.1) is 0 Å². The van der Waals surface area contributed by atoms with Crippen molar-refractivity contribution in [3.63, 3.8) is 0 Å². The second kappa shape index (κ2) is 7.33. The van der Waals surface area contributed by atoms with E-state index in [1.165, 1.54) is 5.56 Å². The lowest BCUT2D eigenvalue weighted by Crippen LogP contribution is -2.24. The normalized spacial score (nSPS) is 10.1. The molecule has 2 aromatic rings. The smallest absolute Gasteiger partial charge is 0.251 e. The second-order valence-corrected chi connectivity index (χ2v) is 4.83. The third kappa shape index (κ3) is 4.53. The summed E-state index contributed by atoms with van der Waals surface area (Å²) in [5.41, 5.74) is 8.28. The Balaban J connectivity index is 1.74. The summed E-state index contributed by atoms with van der Waals surface area (Å²) in [4.78, 5) is 11.9. The number of anilines is 1. The molecule has 4 heteroatoms. The third-order valence-electron chi connectivity index (χ3n) is 3.26. The number of carbonyl (C=O) groups is 1. The van der Waals surface area contributed by atoms with Crippen molar-refractivity contribution in [2.45, 2.75) is 12.8 Å². The number of rotatable bonds is 6. The quantitative estimate of drug-likeness (QED) is 0.633. The lowest BCUT2D eigenvalue weighted by molar-refractivity contribution is 0.0953. The molecule has 0 saturated carbocycles. The van der Waals surface area contributed by atoms with Crippen LogP contribution in [0.5, 0.6) is 5.75 Å². The first kappa shape index (κ1) is 14.9. The minimum atomic E-state index is -0.0602. The summed E-state index contributed by atoms with van der Waals surface area (Å²) in [5, 5.41) is 2.91. The van der Waals surface area contributed by atoms with E-state index in [1.54, 1.807) is 31.4 Å². The van der Waals surface area contributed by atoms with Gasteiger partial charge in [-0.3, -0.25) is 4.79 Å². The number of hydrogen-bond donors (Lipinski definition) is 2. The van der Waals surface area contributed by atoms with E-state index < -0.39 is 0 Å². The van der Waals surface area contributed by atoms with Gasteiger partial charge in [-0.2, -0.15) is 0 Å². The van der Waals surface area contributed by atoms with Crippen LogP contribution >= 0.6 is 0 Å². The average Bonchev–Trinajstić information content (AvgIpc) is 2.53. The lowest BCUT2D eigenvalue weighted by atomic mass is 10.1. The molecule has 3 N–H and O–H groups in total. The number of nitrogens with two attached hydrogens (primary N) is 1. The van der Waals surface area contributed by atoms with Crippen LogP contribution in [0.15, 0.2) is 48.5 Å². The van der Waals surface area contributed by atoms with E-state index in [-0.39, 0.29) is 5.91 Å². The molecule has 1 amide bonds. The molecular formula is C17H20N2O2. The van der Waals surface area contributed by atoms with Crippen molar-refractivity contribution < 1.29 is 9.53 Å². The Morgan fingerprint density at radius 2 is 1.76 bits per heavy atom. The first-order valence-corrected chi connectivity index (χ1v) is 6.96. The molecule has 0 aromatic heterocycles. The maximum atomic E-state index is 11.9. The number of methoxy groups -OCH3 is 1. The molecule has 0 unspecified atom stereocenters. The van der Waals surface area contributed by atoms with Gasteiger partial charge in [-0.25, -0.2) is 0 Å². The van der Waals surface area contributed by atoms with Crippen LogP contribution in [0.2, 0.25) is 0 Å². The summed E-state index contributed by atoms with van der Waals surface area (Å²) in [6.45, 7) is 0.648. The first-order chi connectivity index (χ1) is 10.2. The fraction of sp³-hybridized carbons (Fsp3) is 0.235. The van der Waals surface area contributed by atoms with E-state index in [1.807, 2.05) is 24.3 Å². The fourth-order valence-corrected chi connectivity index (χ4v) is 2.02. The van der Waals surface area contributed by atoms with E-state index >= 15 is 0 Å². The SMILES string of the molecule is COc1ccc(C(=O)NCCCc2ccc(N)cc2)cc1. The van der Waals surface area contributed by atoms with Crippen LogP contribution in [0.3, 0.4) is 0 Å². The standard InChI is InChI=1S/C17H20N2O2/c1-21-16-10-6-14(7-11-16)17(20)19-12-2-3-13-4-8-15(18)9-5-13/h4-11H,2-3,12,18H2,1H3,(H,19,20). The molecule has 110 valence electrons. The highest BCUT2D eigenvalue weighted by Crippen LogP contribution is 2.11. The van der Waals surface area contributed by atoms with Crippen LogP contribution in [0.1, 0.15) is 22.3 Å². The predicted octanol–water partition coefficient (Wildman–Crippen LogP) is 2.64. The maximum absolute atomic E-state index is 11.9. The summed E-state index contributed by atoms with van der Waals surface area (Å²) in [6, 6.07) is 14.9. The van der Waals surface area contributed by atoms with Crippen LogP contribution in [0.25, 0.3) is 0 Å². The monoisotopic (exact) mass is 284 g/mol. The van der Waals surface area contributed by atoms with Crippen LogP contribution in [-0.4, -0.2) is 19.6 Å². The Kier molecular flexibility index (Phi) is 5.21. The highest BCUT2D eigenvalue weighted by Gasteiger charge is 2.04. The molecule has 0 saturated heterocycles. The number of nitrogens with one attached hydrogen (secondary N) is 1. The van der Waals surface area contributed by atoms with E-state index in [9.17, 15) is 4.79 Å². The van der Waals surface area contributed by atoms with Crippen molar-refractivity contribution in [1.82, 2.24) is 5.32 Å². The molecule has 0 atom stereocenters. The Labute approximate surface area is 124 Å². The lowest BCUT2D eigenvalue weighted by Gasteiger charge is -2.06. The molecule has 2 rings (SSSR count). The summed E-state index contributed by atoms with van der Waals surface area (Å²) >= 11 is 0. The average molecular weight is 284 g/mol. The Morgan fingerprint density at radius 3 is 2.38 bits per heavy atom.